The van der Waals surface area contributed by atoms with Gasteiger partial charge in [0.15, 0.2) is 11.6 Å². The largest absolute Gasteiger partial charge is 0.353 e. The number of likely N-dealkylation sites (tertiary alicyclic amines) is 2. The van der Waals surface area contributed by atoms with Gasteiger partial charge < -0.3 is 20.0 Å². The molecule has 67 heavy (non-hydrogen) atoms. The number of ketones is 2. The molecule has 0 atom stereocenters. The predicted octanol–water partition coefficient (Wildman–Crippen LogP) is 9.64. The van der Waals surface area contributed by atoms with Gasteiger partial charge in [0.1, 0.15) is 11.0 Å². The number of benzene rings is 4. The van der Waals surface area contributed by atoms with Crippen LogP contribution in [0.1, 0.15) is 58.9 Å². The topological polar surface area (TPSA) is 88.2 Å². The third-order valence-corrected chi connectivity index (χ3v) is 15.1. The minimum atomic E-state index is -1.00. The van der Waals surface area contributed by atoms with E-state index in [0.29, 0.717) is 43.5 Å². The average molecular weight is 965 g/mol. The van der Waals surface area contributed by atoms with Gasteiger partial charge in [0.25, 0.3) is 0 Å². The van der Waals surface area contributed by atoms with E-state index in [1.165, 1.54) is 78.0 Å². The Hall–Kier alpha value is -4.56. The van der Waals surface area contributed by atoms with Crippen molar-refractivity contribution in [1.29, 1.82) is 0 Å². The molecular formula is C53H58Cl3FN8O2. The molecule has 10 nitrogen and oxygen atoms in total. The summed E-state index contributed by atoms with van der Waals surface area (Å²) < 4.78 is 15.5. The minimum Gasteiger partial charge on any atom is -0.353 e. The zero-order chi connectivity index (χ0) is 47.5. The quantitative estimate of drug-likeness (QED) is 0.173. The molecule has 0 spiro atoms. The normalized spacial score (nSPS) is 19.3. The van der Waals surface area contributed by atoms with E-state index in [-0.39, 0.29) is 11.6 Å². The van der Waals surface area contributed by atoms with Crippen molar-refractivity contribution in [2.75, 3.05) is 105 Å². The maximum absolute atomic E-state index is 13.5. The Morgan fingerprint density at radius 1 is 0.567 bits per heavy atom. The molecule has 1 N–H and O–H groups in total. The highest BCUT2D eigenvalue weighted by molar-refractivity contribution is 6.39. The van der Waals surface area contributed by atoms with E-state index >= 15 is 0 Å². The predicted molar refractivity (Wildman–Crippen MR) is 273 cm³/mol. The molecule has 4 aliphatic heterocycles. The smallest absolute Gasteiger partial charge is 0.195 e. The molecule has 0 saturated carbocycles. The average Bonchev–Trinajstić information content (AvgIpc) is 3.82. The van der Waals surface area contributed by atoms with E-state index in [0.717, 1.165) is 82.1 Å². The van der Waals surface area contributed by atoms with Crippen LogP contribution in [-0.4, -0.2) is 153 Å². The number of hydrogen-bond acceptors (Lipinski definition) is 10. The van der Waals surface area contributed by atoms with Gasteiger partial charge >= 0.3 is 0 Å². The van der Waals surface area contributed by atoms with Crippen LogP contribution >= 0.6 is 34.8 Å². The van der Waals surface area contributed by atoms with Gasteiger partial charge in [-0.15, -0.1) is 0 Å². The fraction of sp³-hybridized carbons (Fsp3) is 0.396. The SMILES string of the molecule is CN1CCC(N2CCN(c3nc4ccccc4c4c3-c3ccc(Cl)cc3C4=O)CC2)CC1.CN1CCC(N2CCNCC2)CC1.O=C1c2cc(Cl)ccc2-c2c(Cl)nc3ccccc3c21.[2H]CF. The van der Waals surface area contributed by atoms with Crippen molar-refractivity contribution < 1.29 is 15.4 Å². The van der Waals surface area contributed by atoms with Crippen LogP contribution in [-0.2, 0) is 0 Å². The van der Waals surface area contributed by atoms with Crippen LogP contribution in [0.5, 0.6) is 0 Å². The molecule has 4 fully saturated rings. The van der Waals surface area contributed by atoms with Gasteiger partial charge in [-0.25, -0.2) is 9.97 Å². The fourth-order valence-corrected chi connectivity index (χ4v) is 11.4. The number of nitrogens with one attached hydrogen (secondary N) is 1. The van der Waals surface area contributed by atoms with Gasteiger partial charge in [0, 0.05) is 119 Å². The Bertz CT molecular complexity index is 2810. The number of halogens is 4. The summed E-state index contributed by atoms with van der Waals surface area (Å²) in [6, 6.07) is 28.0. The first-order chi connectivity index (χ1) is 33.0. The van der Waals surface area contributed by atoms with E-state index in [9.17, 15) is 14.0 Å². The molecule has 14 heteroatoms. The summed E-state index contributed by atoms with van der Waals surface area (Å²) >= 11 is 18.5. The minimum absolute atomic E-state index is 0.0435. The fourth-order valence-electron chi connectivity index (χ4n) is 10.8. The summed E-state index contributed by atoms with van der Waals surface area (Å²) in [6.45, 7) is 13.8. The molecule has 0 amide bonds. The van der Waals surface area contributed by atoms with Crippen molar-refractivity contribution in [3.63, 3.8) is 0 Å². The number of piperidine rings is 2. The number of carbonyl (C=O) groups excluding carboxylic acids is 2. The van der Waals surface area contributed by atoms with E-state index in [1.54, 1.807) is 18.2 Å². The molecule has 4 saturated heterocycles. The number of pyridine rings is 2. The van der Waals surface area contributed by atoms with Crippen LogP contribution in [0.3, 0.4) is 0 Å². The highest BCUT2D eigenvalue weighted by Crippen LogP contribution is 2.47. The second-order valence-corrected chi connectivity index (χ2v) is 19.5. The van der Waals surface area contributed by atoms with Crippen molar-refractivity contribution in [1.82, 2.24) is 34.9 Å². The Kier molecular flexibility index (Phi) is 14.5. The zero-order valence-electron chi connectivity index (χ0n) is 39.2. The first kappa shape index (κ1) is 46.2. The molecule has 0 unspecified atom stereocenters. The lowest BCUT2D eigenvalue weighted by atomic mass is 10.0. The molecule has 2 aromatic heterocycles. The molecule has 6 aromatic rings. The number of hydrogen-bond donors (Lipinski definition) is 1. The van der Waals surface area contributed by atoms with Crippen molar-refractivity contribution in [2.45, 2.75) is 37.8 Å². The van der Waals surface area contributed by atoms with E-state index in [1.807, 2.05) is 66.7 Å². The number of anilines is 1. The first-order valence-corrected chi connectivity index (χ1v) is 24.5. The van der Waals surface area contributed by atoms with Crippen molar-refractivity contribution in [3.8, 4) is 22.3 Å². The van der Waals surface area contributed by atoms with Gasteiger partial charge in [-0.2, -0.15) is 0 Å². The molecule has 6 heterocycles. The molecule has 4 aromatic carbocycles. The van der Waals surface area contributed by atoms with Gasteiger partial charge in [-0.1, -0.05) is 83.3 Å². The van der Waals surface area contributed by atoms with Crippen LogP contribution in [0, 0.1) is 0 Å². The number of rotatable bonds is 3. The first-order valence-electron chi connectivity index (χ1n) is 24.1. The summed E-state index contributed by atoms with van der Waals surface area (Å²) in [6.07, 6.45) is 5.25. The number of fused-ring (bicyclic) bond motifs is 10. The summed E-state index contributed by atoms with van der Waals surface area (Å²) in [5, 5.41) is 6.65. The van der Waals surface area contributed by atoms with Crippen molar-refractivity contribution in [3.05, 3.63) is 122 Å². The van der Waals surface area contributed by atoms with Gasteiger partial charge in [-0.05, 0) is 113 Å². The van der Waals surface area contributed by atoms with Crippen LogP contribution < -0.4 is 10.2 Å². The maximum atomic E-state index is 13.5. The van der Waals surface area contributed by atoms with E-state index < -0.39 is 7.15 Å². The monoisotopic (exact) mass is 963 g/mol. The molecule has 350 valence electrons. The number of piperazine rings is 2. The van der Waals surface area contributed by atoms with E-state index in [4.69, 9.17) is 41.2 Å². The summed E-state index contributed by atoms with van der Waals surface area (Å²) in [5.74, 6) is 0.955. The number of nitrogens with zero attached hydrogens (tertiary/aromatic N) is 7. The Morgan fingerprint density at radius 3 is 1.54 bits per heavy atom. The van der Waals surface area contributed by atoms with Crippen LogP contribution in [0.15, 0.2) is 84.9 Å². The third kappa shape index (κ3) is 9.72. The molecular weight excluding hydrogens is 906 g/mol. The number of aromatic nitrogens is 2. The van der Waals surface area contributed by atoms with Crippen LogP contribution in [0.25, 0.3) is 44.1 Å². The number of alkyl halides is 1. The Balaban J connectivity index is 0.000000136. The summed E-state index contributed by atoms with van der Waals surface area (Å²) in [7, 11) is 3.44. The molecule has 6 aliphatic rings. The lowest BCUT2D eigenvalue weighted by Gasteiger charge is -2.42. The number of para-hydroxylation sites is 2. The molecule has 0 radical (unpaired) electrons. The lowest BCUT2D eigenvalue weighted by molar-refractivity contribution is 0.103. The lowest BCUT2D eigenvalue weighted by Crippen LogP contribution is -2.53. The highest BCUT2D eigenvalue weighted by atomic mass is 35.5. The van der Waals surface area contributed by atoms with Gasteiger partial charge in [0.2, 0.25) is 0 Å². The Morgan fingerprint density at radius 2 is 1.01 bits per heavy atom. The van der Waals surface area contributed by atoms with Gasteiger partial charge in [-0.3, -0.25) is 23.8 Å². The third-order valence-electron chi connectivity index (χ3n) is 14.3. The number of carbonyl (C=O) groups is 2. The summed E-state index contributed by atoms with van der Waals surface area (Å²) in [5.41, 5.74) is 7.74. The highest BCUT2D eigenvalue weighted by Gasteiger charge is 2.36. The van der Waals surface area contributed by atoms with Crippen LogP contribution in [0.4, 0.5) is 10.2 Å². The zero-order valence-corrected chi connectivity index (χ0v) is 40.5. The molecule has 12 rings (SSSR count). The van der Waals surface area contributed by atoms with Gasteiger partial charge in [0.05, 0.1) is 19.6 Å². The van der Waals surface area contributed by atoms with Crippen LogP contribution in [0.2, 0.25) is 15.2 Å². The standard InChI is InChI=1S/C26H27ClN4O.C16H7Cl2NO.C10H21N3.CH3F/c1-29-10-8-18(9-11-29)30-12-14-31(15-13-30)26-24-19-7-6-17(27)16-21(19)25(32)23(24)20-4-2-3-5-22(20)28-26;17-8-5-6-9-11(7-8)15(20)13-10-3-1-2-4-12(10)19-16(18)14(9)13;1-12-6-2-10(3-7-12)13-8-4-11-5-9-13;1-2/h2-7,16,18H,8-15H2,1H3;1-7H;10-11H,2-9H2,1H3;1H3/i;;;1D. The second kappa shape index (κ2) is 21.0. The van der Waals surface area contributed by atoms with E-state index in [2.05, 4.69) is 48.9 Å². The maximum Gasteiger partial charge on any atom is 0.195 e. The second-order valence-electron chi connectivity index (χ2n) is 18.3. The summed E-state index contributed by atoms with van der Waals surface area (Å²) in [4.78, 5) is 48.2. The molecule has 0 bridgehead atoms. The Labute approximate surface area is 409 Å². The molecule has 2 aliphatic carbocycles. The van der Waals surface area contributed by atoms with Crippen molar-refractivity contribution >= 4 is 74.0 Å². The van der Waals surface area contributed by atoms with Crippen molar-refractivity contribution in [2.24, 2.45) is 0 Å².